The minimum Gasteiger partial charge on any atom is -0.384 e. The van der Waals surface area contributed by atoms with Gasteiger partial charge in [0.1, 0.15) is 5.82 Å². The number of nitrogens with zero attached hydrogens (tertiary/aromatic N) is 2. The van der Waals surface area contributed by atoms with Crippen LogP contribution in [0.1, 0.15) is 18.4 Å². The van der Waals surface area contributed by atoms with Crippen LogP contribution in [-0.4, -0.2) is 35.2 Å². The molecule has 86 valence electrons. The number of ether oxygens (including phenoxy) is 1. The number of pyridine rings is 1. The van der Waals surface area contributed by atoms with Crippen LogP contribution >= 0.6 is 0 Å². The van der Waals surface area contributed by atoms with Gasteiger partial charge in [-0.1, -0.05) is 0 Å². The molecule has 2 bridgehead atoms. The van der Waals surface area contributed by atoms with Crippen LogP contribution < -0.4 is 5.73 Å². The van der Waals surface area contributed by atoms with Gasteiger partial charge >= 0.3 is 0 Å². The number of hydrogen-bond acceptors (Lipinski definition) is 4. The first-order chi connectivity index (χ1) is 7.79. The van der Waals surface area contributed by atoms with Crippen molar-refractivity contribution in [3.05, 3.63) is 23.9 Å². The first-order valence-electron chi connectivity index (χ1n) is 5.88. The SMILES string of the molecule is Nc1cc(CN2CC3CCC(C2)O3)ccn1. The van der Waals surface area contributed by atoms with E-state index >= 15 is 0 Å². The van der Waals surface area contributed by atoms with Crippen molar-refractivity contribution >= 4 is 5.82 Å². The Hall–Kier alpha value is -1.13. The minimum atomic E-state index is 0.456. The van der Waals surface area contributed by atoms with Gasteiger partial charge in [-0.15, -0.1) is 0 Å². The second kappa shape index (κ2) is 4.03. The molecule has 0 spiro atoms. The van der Waals surface area contributed by atoms with Gasteiger partial charge in [-0.2, -0.15) is 0 Å². The molecule has 2 unspecified atom stereocenters. The molecule has 3 heterocycles. The van der Waals surface area contributed by atoms with Gasteiger partial charge in [-0.25, -0.2) is 4.98 Å². The van der Waals surface area contributed by atoms with E-state index in [1.807, 2.05) is 12.1 Å². The lowest BCUT2D eigenvalue weighted by molar-refractivity contribution is -0.0410. The van der Waals surface area contributed by atoms with Gasteiger partial charge < -0.3 is 10.5 Å². The molecule has 2 fully saturated rings. The largest absolute Gasteiger partial charge is 0.384 e. The molecule has 0 aliphatic carbocycles. The fourth-order valence-electron chi connectivity index (χ4n) is 2.68. The molecule has 0 aromatic carbocycles. The maximum atomic E-state index is 5.81. The molecule has 4 heteroatoms. The number of aromatic nitrogens is 1. The molecule has 2 N–H and O–H groups in total. The molecule has 2 atom stereocenters. The highest BCUT2D eigenvalue weighted by molar-refractivity contribution is 5.31. The van der Waals surface area contributed by atoms with Crippen LogP contribution in [-0.2, 0) is 11.3 Å². The van der Waals surface area contributed by atoms with Gasteiger partial charge in [-0.05, 0) is 30.5 Å². The number of fused-ring (bicyclic) bond motifs is 2. The third-order valence-electron chi connectivity index (χ3n) is 3.37. The summed E-state index contributed by atoms with van der Waals surface area (Å²) in [7, 11) is 0. The zero-order valence-electron chi connectivity index (χ0n) is 9.30. The number of nitrogen functional groups attached to an aromatic ring is 1. The van der Waals surface area contributed by atoms with Crippen molar-refractivity contribution in [1.29, 1.82) is 0 Å². The molecule has 16 heavy (non-hydrogen) atoms. The molecule has 0 radical (unpaired) electrons. The molecule has 0 saturated carbocycles. The maximum absolute atomic E-state index is 5.81. The highest BCUT2D eigenvalue weighted by atomic mass is 16.5. The number of rotatable bonds is 2. The van der Waals surface area contributed by atoms with Crippen molar-refractivity contribution in [1.82, 2.24) is 9.88 Å². The van der Waals surface area contributed by atoms with Gasteiger partial charge in [-0.3, -0.25) is 4.90 Å². The van der Waals surface area contributed by atoms with Crippen LogP contribution in [0.2, 0.25) is 0 Å². The summed E-state index contributed by atoms with van der Waals surface area (Å²) in [5.41, 5.74) is 6.92. The zero-order chi connectivity index (χ0) is 11.0. The number of morpholine rings is 1. The summed E-state index contributed by atoms with van der Waals surface area (Å²) in [6.07, 6.45) is 5.13. The molecule has 4 nitrogen and oxygen atoms in total. The Labute approximate surface area is 95.4 Å². The Morgan fingerprint density at radius 2 is 2.12 bits per heavy atom. The lowest BCUT2D eigenvalue weighted by atomic mass is 10.2. The predicted molar refractivity (Wildman–Crippen MR) is 61.8 cm³/mol. The lowest BCUT2D eigenvalue weighted by Crippen LogP contribution is -2.41. The predicted octanol–water partition coefficient (Wildman–Crippen LogP) is 1.03. The van der Waals surface area contributed by atoms with E-state index in [1.165, 1.54) is 18.4 Å². The molecular formula is C12H17N3O. The average molecular weight is 219 g/mol. The number of nitrogens with two attached hydrogens (primary N) is 1. The van der Waals surface area contributed by atoms with E-state index in [2.05, 4.69) is 9.88 Å². The van der Waals surface area contributed by atoms with E-state index in [0.717, 1.165) is 19.6 Å². The van der Waals surface area contributed by atoms with E-state index in [-0.39, 0.29) is 0 Å². The summed E-state index contributed by atoms with van der Waals surface area (Å²) in [6, 6.07) is 3.99. The number of anilines is 1. The van der Waals surface area contributed by atoms with Crippen molar-refractivity contribution in [2.45, 2.75) is 31.6 Å². The van der Waals surface area contributed by atoms with Crippen molar-refractivity contribution in [2.75, 3.05) is 18.8 Å². The highest BCUT2D eigenvalue weighted by Crippen LogP contribution is 2.27. The molecule has 1 aromatic heterocycles. The summed E-state index contributed by atoms with van der Waals surface area (Å²) in [6.45, 7) is 3.07. The number of likely N-dealkylation sites (tertiary alicyclic amines) is 1. The fourth-order valence-corrected chi connectivity index (χ4v) is 2.68. The van der Waals surface area contributed by atoms with Crippen LogP contribution in [0.3, 0.4) is 0 Å². The third kappa shape index (κ3) is 2.03. The van der Waals surface area contributed by atoms with Crippen molar-refractivity contribution in [3.8, 4) is 0 Å². The van der Waals surface area contributed by atoms with E-state index < -0.39 is 0 Å². The first-order valence-corrected chi connectivity index (χ1v) is 5.88. The second-order valence-electron chi connectivity index (χ2n) is 4.74. The monoisotopic (exact) mass is 219 g/mol. The maximum Gasteiger partial charge on any atom is 0.123 e. The summed E-state index contributed by atoms with van der Waals surface area (Å²) < 4.78 is 5.81. The van der Waals surface area contributed by atoms with Crippen LogP contribution in [0, 0.1) is 0 Å². The average Bonchev–Trinajstić information content (AvgIpc) is 2.58. The molecular weight excluding hydrogens is 202 g/mol. The molecule has 2 aliphatic heterocycles. The van der Waals surface area contributed by atoms with Crippen LogP contribution in [0.4, 0.5) is 5.82 Å². The van der Waals surface area contributed by atoms with E-state index in [1.54, 1.807) is 6.20 Å². The Bertz CT molecular complexity index is 370. The summed E-state index contributed by atoms with van der Waals surface area (Å²) in [5.74, 6) is 0.605. The molecule has 0 amide bonds. The second-order valence-corrected chi connectivity index (χ2v) is 4.74. The minimum absolute atomic E-state index is 0.456. The first kappa shape index (κ1) is 10.1. The van der Waals surface area contributed by atoms with Crippen LogP contribution in [0.25, 0.3) is 0 Å². The summed E-state index contributed by atoms with van der Waals surface area (Å²) >= 11 is 0. The van der Waals surface area contributed by atoms with Gasteiger partial charge in [0.15, 0.2) is 0 Å². The van der Waals surface area contributed by atoms with Crippen LogP contribution in [0.5, 0.6) is 0 Å². The van der Waals surface area contributed by atoms with Gasteiger partial charge in [0.25, 0.3) is 0 Å². The summed E-state index contributed by atoms with van der Waals surface area (Å²) in [5, 5.41) is 0. The molecule has 1 aromatic rings. The smallest absolute Gasteiger partial charge is 0.123 e. The molecule has 2 aliphatic rings. The topological polar surface area (TPSA) is 51.4 Å². The summed E-state index contributed by atoms with van der Waals surface area (Å²) in [4.78, 5) is 6.47. The zero-order valence-corrected chi connectivity index (χ0v) is 9.30. The standard InChI is InChI=1S/C12H17N3O/c13-12-5-9(3-4-14-12)6-15-7-10-1-2-11(8-15)16-10/h3-5,10-11H,1-2,6-8H2,(H2,13,14). The van der Waals surface area contributed by atoms with Crippen molar-refractivity contribution < 1.29 is 4.74 Å². The molecule has 2 saturated heterocycles. The van der Waals surface area contributed by atoms with Gasteiger partial charge in [0, 0.05) is 25.8 Å². The Kier molecular flexibility index (Phi) is 2.53. The lowest BCUT2D eigenvalue weighted by Gasteiger charge is -2.32. The third-order valence-corrected chi connectivity index (χ3v) is 3.37. The number of hydrogen-bond donors (Lipinski definition) is 1. The van der Waals surface area contributed by atoms with E-state index in [9.17, 15) is 0 Å². The van der Waals surface area contributed by atoms with Crippen LogP contribution in [0.15, 0.2) is 18.3 Å². The normalized spacial score (nSPS) is 29.5. The van der Waals surface area contributed by atoms with E-state index in [4.69, 9.17) is 10.5 Å². The van der Waals surface area contributed by atoms with Gasteiger partial charge in [0.2, 0.25) is 0 Å². The highest BCUT2D eigenvalue weighted by Gasteiger charge is 2.33. The Balaban J connectivity index is 1.67. The quantitative estimate of drug-likeness (QED) is 0.807. The van der Waals surface area contributed by atoms with Gasteiger partial charge in [0.05, 0.1) is 12.2 Å². The van der Waals surface area contributed by atoms with Crippen molar-refractivity contribution in [2.24, 2.45) is 0 Å². The Morgan fingerprint density at radius 3 is 2.81 bits per heavy atom. The fraction of sp³-hybridized carbons (Fsp3) is 0.583. The van der Waals surface area contributed by atoms with Crippen molar-refractivity contribution in [3.63, 3.8) is 0 Å². The van der Waals surface area contributed by atoms with E-state index in [0.29, 0.717) is 18.0 Å². The molecule has 3 rings (SSSR count). The Morgan fingerprint density at radius 1 is 1.38 bits per heavy atom.